The fourth-order valence-electron chi connectivity index (χ4n) is 2.39. The molecule has 0 N–H and O–H groups in total. The van der Waals surface area contributed by atoms with Crippen LogP contribution in [0.5, 0.6) is 11.5 Å². The molecule has 3 rings (SSSR count). The van der Waals surface area contributed by atoms with Crippen LogP contribution in [0.25, 0.3) is 0 Å². The first-order valence-corrected chi connectivity index (χ1v) is 9.82. The van der Waals surface area contributed by atoms with Crippen molar-refractivity contribution in [2.24, 2.45) is 4.99 Å². The largest absolute Gasteiger partial charge is 0.497 e. The Labute approximate surface area is 170 Å². The lowest BCUT2D eigenvalue weighted by atomic mass is 10.2. The van der Waals surface area contributed by atoms with Gasteiger partial charge in [0, 0.05) is 10.5 Å². The Bertz CT molecular complexity index is 946. The van der Waals surface area contributed by atoms with Gasteiger partial charge in [0.2, 0.25) is 0 Å². The summed E-state index contributed by atoms with van der Waals surface area (Å²) >= 11 is 1.61. The van der Waals surface area contributed by atoms with E-state index in [-0.39, 0.29) is 0 Å². The van der Waals surface area contributed by atoms with E-state index in [0.29, 0.717) is 0 Å². The molecule has 0 spiro atoms. The summed E-state index contributed by atoms with van der Waals surface area (Å²) in [6, 6.07) is 25.9. The number of ether oxygens (including phenoxy) is 2. The van der Waals surface area contributed by atoms with Crippen molar-refractivity contribution in [1.29, 1.82) is 0 Å². The summed E-state index contributed by atoms with van der Waals surface area (Å²) in [6.07, 6.45) is 1.75. The Morgan fingerprint density at radius 3 is 2.14 bits per heavy atom. The topological polar surface area (TPSA) is 30.8 Å². The number of rotatable bonds is 6. The van der Waals surface area contributed by atoms with Crippen LogP contribution in [0.1, 0.15) is 12.5 Å². The molecule has 0 aromatic heterocycles. The fraction of sp³-hybridized carbons (Fsp3) is 0.125. The van der Waals surface area contributed by atoms with Crippen molar-refractivity contribution in [1.82, 2.24) is 0 Å². The van der Waals surface area contributed by atoms with E-state index in [1.54, 1.807) is 25.1 Å². The summed E-state index contributed by atoms with van der Waals surface area (Å²) < 4.78 is 11.1. The van der Waals surface area contributed by atoms with Crippen LogP contribution < -0.4 is 9.47 Å². The van der Waals surface area contributed by atoms with Gasteiger partial charge in [-0.3, -0.25) is 0 Å². The first kappa shape index (κ1) is 19.8. The van der Waals surface area contributed by atoms with Crippen molar-refractivity contribution in [3.05, 3.63) is 96.3 Å². The van der Waals surface area contributed by atoms with Gasteiger partial charge >= 0.3 is 0 Å². The van der Waals surface area contributed by atoms with Crippen LogP contribution in [-0.4, -0.2) is 12.2 Å². The lowest BCUT2D eigenvalue weighted by molar-refractivity contribution is 0.415. The lowest BCUT2D eigenvalue weighted by Crippen LogP contribution is -1.97. The molecule has 0 radical (unpaired) electrons. The van der Waals surface area contributed by atoms with E-state index in [9.17, 15) is 0 Å². The van der Waals surface area contributed by atoms with Crippen molar-refractivity contribution in [3.63, 3.8) is 0 Å². The van der Waals surface area contributed by atoms with Gasteiger partial charge in [-0.25, -0.2) is 4.99 Å². The zero-order valence-corrected chi connectivity index (χ0v) is 17.1. The zero-order chi connectivity index (χ0) is 19.8. The molecule has 0 atom stereocenters. The quantitative estimate of drug-likeness (QED) is 0.201. The number of benzene rings is 3. The molecule has 3 nitrogen and oxygen atoms in total. The predicted octanol–water partition coefficient (Wildman–Crippen LogP) is 6.81. The third-order valence-electron chi connectivity index (χ3n) is 3.99. The minimum Gasteiger partial charge on any atom is -0.497 e. The first-order chi connectivity index (χ1) is 13.6. The Kier molecular flexibility index (Phi) is 6.93. The summed E-state index contributed by atoms with van der Waals surface area (Å²) in [5, 5.41) is 0.878. The van der Waals surface area contributed by atoms with Gasteiger partial charge in [0.1, 0.15) is 16.5 Å². The summed E-state index contributed by atoms with van der Waals surface area (Å²) in [5.41, 5.74) is 3.02. The zero-order valence-electron chi connectivity index (χ0n) is 16.3. The Morgan fingerprint density at radius 2 is 1.50 bits per heavy atom. The van der Waals surface area contributed by atoms with E-state index in [1.165, 1.54) is 5.56 Å². The maximum Gasteiger partial charge on any atom is 0.126 e. The van der Waals surface area contributed by atoms with Gasteiger partial charge < -0.3 is 9.47 Å². The molecule has 0 saturated carbocycles. The number of aliphatic imine (C=N–C) groups is 1. The van der Waals surface area contributed by atoms with Crippen LogP contribution in [0.3, 0.4) is 0 Å². The van der Waals surface area contributed by atoms with E-state index < -0.39 is 0 Å². The molecule has 0 saturated heterocycles. The highest BCUT2D eigenvalue weighted by Gasteiger charge is 2.07. The monoisotopic (exact) mass is 389 g/mol. The van der Waals surface area contributed by atoms with Crippen LogP contribution in [0.15, 0.2) is 101 Å². The lowest BCUT2D eigenvalue weighted by Gasteiger charge is -2.09. The summed E-state index contributed by atoms with van der Waals surface area (Å²) in [4.78, 5) is 5.95. The average Bonchev–Trinajstić information content (AvgIpc) is 2.74. The standard InChI is InChI=1S/C24H23NO2S/c1-18-9-13-22(14-10-18)27-17-19(2)24(28-23-7-5-4-6-8-23)25-20-11-15-21(26-3)16-12-20/h4-17H,1-3H3/b19-17+,25-24+. The van der Waals surface area contributed by atoms with Crippen molar-refractivity contribution in [2.45, 2.75) is 18.7 Å². The van der Waals surface area contributed by atoms with Gasteiger partial charge in [-0.2, -0.15) is 0 Å². The van der Waals surface area contributed by atoms with E-state index in [1.807, 2.05) is 73.7 Å². The number of nitrogens with zero attached hydrogens (tertiary/aromatic N) is 1. The second kappa shape index (κ2) is 9.81. The van der Waals surface area contributed by atoms with E-state index in [2.05, 4.69) is 19.1 Å². The minimum absolute atomic E-state index is 0.804. The first-order valence-electron chi connectivity index (χ1n) is 9.00. The summed E-state index contributed by atoms with van der Waals surface area (Å²) in [6.45, 7) is 4.06. The molecule has 28 heavy (non-hydrogen) atoms. The molecule has 0 heterocycles. The van der Waals surface area contributed by atoms with Crippen molar-refractivity contribution < 1.29 is 9.47 Å². The van der Waals surface area contributed by atoms with E-state index in [4.69, 9.17) is 14.5 Å². The molecular formula is C24H23NO2S. The summed E-state index contributed by atoms with van der Waals surface area (Å²) in [5.74, 6) is 1.62. The molecule has 0 aliphatic rings. The molecule has 3 aromatic carbocycles. The van der Waals surface area contributed by atoms with E-state index in [0.717, 1.165) is 32.7 Å². The number of methoxy groups -OCH3 is 1. The smallest absolute Gasteiger partial charge is 0.126 e. The third kappa shape index (κ3) is 5.76. The van der Waals surface area contributed by atoms with Crippen LogP contribution >= 0.6 is 11.8 Å². The predicted molar refractivity (Wildman–Crippen MR) is 118 cm³/mol. The van der Waals surface area contributed by atoms with E-state index >= 15 is 0 Å². The van der Waals surface area contributed by atoms with Gasteiger partial charge in [-0.1, -0.05) is 47.7 Å². The van der Waals surface area contributed by atoms with Gasteiger partial charge in [0.25, 0.3) is 0 Å². The molecule has 0 aliphatic carbocycles. The van der Waals surface area contributed by atoms with Gasteiger partial charge in [-0.05, 0) is 62.4 Å². The molecule has 0 amide bonds. The molecule has 0 fully saturated rings. The van der Waals surface area contributed by atoms with Crippen molar-refractivity contribution >= 4 is 22.5 Å². The Morgan fingerprint density at radius 1 is 0.857 bits per heavy atom. The van der Waals surface area contributed by atoms with Crippen LogP contribution in [0.4, 0.5) is 5.69 Å². The Hall–Kier alpha value is -2.98. The molecule has 142 valence electrons. The van der Waals surface area contributed by atoms with Crippen molar-refractivity contribution in [3.8, 4) is 11.5 Å². The van der Waals surface area contributed by atoms with Crippen LogP contribution in [0, 0.1) is 6.92 Å². The Balaban J connectivity index is 1.86. The van der Waals surface area contributed by atoms with Crippen LogP contribution in [0.2, 0.25) is 0 Å². The molecule has 0 bridgehead atoms. The highest BCUT2D eigenvalue weighted by molar-refractivity contribution is 8.14. The minimum atomic E-state index is 0.804. The maximum absolute atomic E-state index is 5.84. The average molecular weight is 390 g/mol. The van der Waals surface area contributed by atoms with Gasteiger partial charge in [0.15, 0.2) is 0 Å². The SMILES string of the molecule is COc1ccc(/N=C(Sc2ccccc2)\C(C)=C\Oc2ccc(C)cc2)cc1. The second-order valence-corrected chi connectivity index (χ2v) is 7.32. The highest BCUT2D eigenvalue weighted by atomic mass is 32.2. The van der Waals surface area contributed by atoms with Gasteiger partial charge in [-0.15, -0.1) is 0 Å². The number of aryl methyl sites for hydroxylation is 1. The summed E-state index contributed by atoms with van der Waals surface area (Å²) in [7, 11) is 1.66. The molecule has 0 unspecified atom stereocenters. The van der Waals surface area contributed by atoms with Crippen LogP contribution in [-0.2, 0) is 0 Å². The number of hydrogen-bond acceptors (Lipinski definition) is 4. The highest BCUT2D eigenvalue weighted by Crippen LogP contribution is 2.27. The van der Waals surface area contributed by atoms with Crippen molar-refractivity contribution in [2.75, 3.05) is 7.11 Å². The number of thioether (sulfide) groups is 1. The molecule has 3 aromatic rings. The number of hydrogen-bond donors (Lipinski definition) is 0. The molecule has 0 aliphatic heterocycles. The third-order valence-corrected chi connectivity index (χ3v) is 5.11. The normalized spacial score (nSPS) is 12.0. The second-order valence-electron chi connectivity index (χ2n) is 6.26. The fourth-order valence-corrected chi connectivity index (χ4v) is 3.27. The van der Waals surface area contributed by atoms with Gasteiger partial charge in [0.05, 0.1) is 19.1 Å². The maximum atomic E-state index is 5.84. The molecular weight excluding hydrogens is 366 g/mol. The molecule has 4 heteroatoms.